The van der Waals surface area contributed by atoms with Gasteiger partial charge in [-0.1, -0.05) is 12.8 Å². The van der Waals surface area contributed by atoms with Crippen molar-refractivity contribution in [3.8, 4) is 5.75 Å². The summed E-state index contributed by atoms with van der Waals surface area (Å²) in [5.74, 6) is 0.324. The van der Waals surface area contributed by atoms with Crippen LogP contribution in [0.3, 0.4) is 0 Å². The molecule has 0 amide bonds. The van der Waals surface area contributed by atoms with Crippen molar-refractivity contribution in [3.63, 3.8) is 0 Å². The average molecular weight is 320 g/mol. The summed E-state index contributed by atoms with van der Waals surface area (Å²) in [6.07, 6.45) is 6.76. The number of rotatable bonds is 5. The highest BCUT2D eigenvalue weighted by Crippen LogP contribution is 2.41. The number of ether oxygens (including phenoxy) is 2. The quantitative estimate of drug-likeness (QED) is 0.658. The van der Waals surface area contributed by atoms with Gasteiger partial charge >= 0.3 is 5.69 Å². The molecule has 1 aromatic rings. The molecule has 1 N–H and O–H groups in total. The summed E-state index contributed by atoms with van der Waals surface area (Å²) in [6.45, 7) is 3.01. The Bertz CT molecular complexity index is 570. The van der Waals surface area contributed by atoms with E-state index >= 15 is 0 Å². The van der Waals surface area contributed by atoms with Crippen molar-refractivity contribution in [1.82, 2.24) is 0 Å². The molecule has 1 saturated carbocycles. The SMILES string of the molecule is CCOc1cc(NC2CCOC3(CCCC3)C2)ccc1[N+](=O)[O-]. The molecule has 2 aliphatic rings. The van der Waals surface area contributed by atoms with Gasteiger partial charge in [0.05, 0.1) is 17.1 Å². The number of anilines is 1. The van der Waals surface area contributed by atoms with Crippen molar-refractivity contribution in [2.75, 3.05) is 18.5 Å². The first-order valence-electron chi connectivity index (χ1n) is 8.44. The minimum absolute atomic E-state index is 0.0108. The monoisotopic (exact) mass is 320 g/mol. The Hall–Kier alpha value is -1.82. The van der Waals surface area contributed by atoms with Crippen LogP contribution in [-0.4, -0.2) is 29.8 Å². The smallest absolute Gasteiger partial charge is 0.311 e. The van der Waals surface area contributed by atoms with Gasteiger partial charge in [-0.2, -0.15) is 0 Å². The van der Waals surface area contributed by atoms with Crippen molar-refractivity contribution < 1.29 is 14.4 Å². The molecule has 1 unspecified atom stereocenters. The molecule has 3 rings (SSSR count). The zero-order valence-electron chi connectivity index (χ0n) is 13.5. The predicted octanol–water partition coefficient (Wildman–Crippen LogP) is 3.90. The second kappa shape index (κ2) is 6.74. The zero-order chi connectivity index (χ0) is 16.3. The molecule has 1 spiro atoms. The number of nitro benzene ring substituents is 1. The second-order valence-corrected chi connectivity index (χ2v) is 6.45. The molecule has 1 aliphatic heterocycles. The Labute approximate surface area is 136 Å². The summed E-state index contributed by atoms with van der Waals surface area (Å²) in [5, 5.41) is 14.6. The van der Waals surface area contributed by atoms with E-state index in [2.05, 4.69) is 5.32 Å². The lowest BCUT2D eigenvalue weighted by Gasteiger charge is -2.39. The van der Waals surface area contributed by atoms with Gasteiger partial charge in [-0.05, 0) is 38.7 Å². The molecule has 1 aliphatic carbocycles. The lowest BCUT2D eigenvalue weighted by Crippen LogP contribution is -2.42. The Balaban J connectivity index is 1.72. The Morgan fingerprint density at radius 3 is 2.91 bits per heavy atom. The molecule has 1 heterocycles. The van der Waals surface area contributed by atoms with E-state index in [0.29, 0.717) is 18.4 Å². The number of nitrogens with one attached hydrogen (secondary N) is 1. The summed E-state index contributed by atoms with van der Waals surface area (Å²) in [6, 6.07) is 5.35. The molecule has 2 fully saturated rings. The highest BCUT2D eigenvalue weighted by atomic mass is 16.6. The fourth-order valence-corrected chi connectivity index (χ4v) is 3.78. The molecule has 1 saturated heterocycles. The van der Waals surface area contributed by atoms with Crippen LogP contribution in [0.5, 0.6) is 5.75 Å². The lowest BCUT2D eigenvalue weighted by molar-refractivity contribution is -0.385. The summed E-state index contributed by atoms with van der Waals surface area (Å²) in [5.41, 5.74) is 0.940. The van der Waals surface area contributed by atoms with Crippen LogP contribution in [0.2, 0.25) is 0 Å². The van der Waals surface area contributed by atoms with Crippen LogP contribution in [0, 0.1) is 10.1 Å². The first-order chi connectivity index (χ1) is 11.1. The van der Waals surface area contributed by atoms with Gasteiger partial charge in [0.1, 0.15) is 0 Å². The normalized spacial score (nSPS) is 22.9. The Kier molecular flexibility index (Phi) is 4.71. The number of hydrogen-bond donors (Lipinski definition) is 1. The minimum Gasteiger partial charge on any atom is -0.487 e. The van der Waals surface area contributed by atoms with Gasteiger partial charge in [0.2, 0.25) is 0 Å². The lowest BCUT2D eigenvalue weighted by atomic mass is 9.89. The van der Waals surface area contributed by atoms with E-state index < -0.39 is 4.92 Å². The van der Waals surface area contributed by atoms with Gasteiger partial charge in [0, 0.05) is 30.5 Å². The summed E-state index contributed by atoms with van der Waals surface area (Å²) in [7, 11) is 0. The maximum atomic E-state index is 11.1. The third-order valence-corrected chi connectivity index (χ3v) is 4.83. The van der Waals surface area contributed by atoms with Crippen LogP contribution in [0.1, 0.15) is 45.4 Å². The summed E-state index contributed by atoms with van der Waals surface area (Å²) >= 11 is 0. The highest BCUT2D eigenvalue weighted by Gasteiger charge is 2.39. The molecule has 0 radical (unpaired) electrons. The van der Waals surface area contributed by atoms with Crippen molar-refractivity contribution in [2.24, 2.45) is 0 Å². The maximum absolute atomic E-state index is 11.1. The second-order valence-electron chi connectivity index (χ2n) is 6.45. The van der Waals surface area contributed by atoms with Crippen LogP contribution >= 0.6 is 0 Å². The van der Waals surface area contributed by atoms with Gasteiger partial charge in [0.15, 0.2) is 5.75 Å². The van der Waals surface area contributed by atoms with Crippen LogP contribution in [0.4, 0.5) is 11.4 Å². The van der Waals surface area contributed by atoms with Gasteiger partial charge in [-0.15, -0.1) is 0 Å². The van der Waals surface area contributed by atoms with Crippen LogP contribution in [0.25, 0.3) is 0 Å². The van der Waals surface area contributed by atoms with Gasteiger partial charge in [0.25, 0.3) is 0 Å². The number of nitro groups is 1. The summed E-state index contributed by atoms with van der Waals surface area (Å²) in [4.78, 5) is 10.7. The largest absolute Gasteiger partial charge is 0.487 e. The minimum atomic E-state index is -0.406. The van der Waals surface area contributed by atoms with E-state index in [1.54, 1.807) is 12.1 Å². The molecule has 1 aromatic carbocycles. The standard InChI is InChI=1S/C17H24N2O4/c1-2-22-16-11-13(5-6-15(16)19(20)21)18-14-7-10-23-17(12-14)8-3-4-9-17/h5-6,11,14,18H,2-4,7-10,12H2,1H3. The molecule has 6 nitrogen and oxygen atoms in total. The zero-order valence-corrected chi connectivity index (χ0v) is 13.5. The van der Waals surface area contributed by atoms with Gasteiger partial charge < -0.3 is 14.8 Å². The topological polar surface area (TPSA) is 73.6 Å². The van der Waals surface area contributed by atoms with E-state index in [-0.39, 0.29) is 11.3 Å². The molecule has 0 aromatic heterocycles. The maximum Gasteiger partial charge on any atom is 0.311 e. The fraction of sp³-hybridized carbons (Fsp3) is 0.647. The van der Waals surface area contributed by atoms with E-state index in [0.717, 1.165) is 38.0 Å². The number of benzene rings is 1. The van der Waals surface area contributed by atoms with E-state index in [1.165, 1.54) is 18.9 Å². The summed E-state index contributed by atoms with van der Waals surface area (Å²) < 4.78 is 11.5. The van der Waals surface area contributed by atoms with Crippen molar-refractivity contribution in [2.45, 2.75) is 57.1 Å². The van der Waals surface area contributed by atoms with E-state index in [9.17, 15) is 10.1 Å². The first kappa shape index (κ1) is 16.1. The highest BCUT2D eigenvalue weighted by molar-refractivity contribution is 5.58. The van der Waals surface area contributed by atoms with Crippen molar-refractivity contribution >= 4 is 11.4 Å². The first-order valence-corrected chi connectivity index (χ1v) is 8.44. The molecule has 23 heavy (non-hydrogen) atoms. The Morgan fingerprint density at radius 1 is 1.43 bits per heavy atom. The van der Waals surface area contributed by atoms with Crippen LogP contribution in [0.15, 0.2) is 18.2 Å². The number of hydrogen-bond acceptors (Lipinski definition) is 5. The molecule has 126 valence electrons. The molecule has 0 bridgehead atoms. The fourth-order valence-electron chi connectivity index (χ4n) is 3.78. The van der Waals surface area contributed by atoms with Gasteiger partial charge in [-0.3, -0.25) is 10.1 Å². The van der Waals surface area contributed by atoms with E-state index in [1.807, 2.05) is 6.92 Å². The van der Waals surface area contributed by atoms with Crippen LogP contribution < -0.4 is 10.1 Å². The van der Waals surface area contributed by atoms with Gasteiger partial charge in [-0.25, -0.2) is 0 Å². The van der Waals surface area contributed by atoms with Crippen molar-refractivity contribution in [1.29, 1.82) is 0 Å². The van der Waals surface area contributed by atoms with E-state index in [4.69, 9.17) is 9.47 Å². The van der Waals surface area contributed by atoms with Crippen LogP contribution in [-0.2, 0) is 4.74 Å². The Morgan fingerprint density at radius 2 is 2.22 bits per heavy atom. The molecular weight excluding hydrogens is 296 g/mol. The third-order valence-electron chi connectivity index (χ3n) is 4.83. The predicted molar refractivity (Wildman–Crippen MR) is 88.1 cm³/mol. The average Bonchev–Trinajstić information content (AvgIpc) is 2.95. The molecular formula is C17H24N2O4. The number of nitrogens with zero attached hydrogens (tertiary/aromatic N) is 1. The van der Waals surface area contributed by atoms with Crippen molar-refractivity contribution in [3.05, 3.63) is 28.3 Å². The molecule has 1 atom stereocenters. The molecule has 6 heteroatoms. The third kappa shape index (κ3) is 3.58.